The molecule has 0 aliphatic carbocycles. The van der Waals surface area contributed by atoms with E-state index >= 15 is 0 Å². The SMILES string of the molecule is CC.CC.CC1CC(=O)N(CCCN)C1=O.CC1CCN(O)C1.[HH]. The van der Waals surface area contributed by atoms with Crippen LogP contribution in [0.3, 0.4) is 0 Å². The Bertz CT molecular complexity index is 322. The summed E-state index contributed by atoms with van der Waals surface area (Å²) >= 11 is 0. The number of rotatable bonds is 3. The molecule has 6 nitrogen and oxygen atoms in total. The number of hydrogen-bond acceptors (Lipinski definition) is 5. The van der Waals surface area contributed by atoms with Gasteiger partial charge in [0.2, 0.25) is 11.8 Å². The molecule has 2 fully saturated rings. The van der Waals surface area contributed by atoms with E-state index in [0.717, 1.165) is 19.5 Å². The van der Waals surface area contributed by atoms with Crippen LogP contribution in [-0.2, 0) is 9.59 Å². The number of carbonyl (C=O) groups is 2. The molecule has 140 valence electrons. The predicted molar refractivity (Wildman–Crippen MR) is 96.1 cm³/mol. The van der Waals surface area contributed by atoms with Gasteiger partial charge >= 0.3 is 0 Å². The van der Waals surface area contributed by atoms with E-state index in [-0.39, 0.29) is 19.2 Å². The fourth-order valence-electron chi connectivity index (χ4n) is 2.24. The van der Waals surface area contributed by atoms with Gasteiger partial charge in [-0.05, 0) is 25.3 Å². The summed E-state index contributed by atoms with van der Waals surface area (Å²) in [5.41, 5.74) is 5.28. The van der Waals surface area contributed by atoms with Crippen molar-refractivity contribution in [2.75, 3.05) is 26.2 Å². The van der Waals surface area contributed by atoms with Crippen LogP contribution in [0.1, 0.15) is 62.2 Å². The number of amides is 2. The van der Waals surface area contributed by atoms with Crippen molar-refractivity contribution in [2.24, 2.45) is 17.6 Å². The molecule has 2 amide bonds. The molecule has 2 saturated heterocycles. The number of carbonyl (C=O) groups excluding carboxylic acids is 2. The van der Waals surface area contributed by atoms with E-state index in [4.69, 9.17) is 10.9 Å². The molecule has 6 heteroatoms. The normalized spacial score (nSPS) is 23.4. The monoisotopic (exact) mass is 333 g/mol. The van der Waals surface area contributed by atoms with Crippen molar-refractivity contribution < 1.29 is 16.2 Å². The van der Waals surface area contributed by atoms with Gasteiger partial charge in [-0.15, -0.1) is 0 Å². The first-order chi connectivity index (χ1) is 11.0. The largest absolute Gasteiger partial charge is 0.330 e. The third-order valence-electron chi connectivity index (χ3n) is 3.46. The minimum atomic E-state index is -0.129. The Labute approximate surface area is 143 Å². The maximum absolute atomic E-state index is 11.3. The Morgan fingerprint density at radius 3 is 2.04 bits per heavy atom. The zero-order valence-electron chi connectivity index (χ0n) is 15.8. The lowest BCUT2D eigenvalue weighted by Crippen LogP contribution is -2.32. The van der Waals surface area contributed by atoms with Crippen LogP contribution in [-0.4, -0.2) is 53.2 Å². The van der Waals surface area contributed by atoms with Crippen molar-refractivity contribution >= 4 is 11.8 Å². The molecular weight excluding hydrogens is 294 g/mol. The summed E-state index contributed by atoms with van der Waals surface area (Å²) < 4.78 is 0. The summed E-state index contributed by atoms with van der Waals surface area (Å²) in [5, 5.41) is 10.1. The number of imide groups is 1. The van der Waals surface area contributed by atoms with E-state index < -0.39 is 0 Å². The van der Waals surface area contributed by atoms with Crippen LogP contribution >= 0.6 is 0 Å². The van der Waals surface area contributed by atoms with Crippen molar-refractivity contribution in [3.8, 4) is 0 Å². The van der Waals surface area contributed by atoms with E-state index in [1.807, 2.05) is 27.7 Å². The van der Waals surface area contributed by atoms with Crippen molar-refractivity contribution in [2.45, 2.75) is 60.8 Å². The van der Waals surface area contributed by atoms with Gasteiger partial charge in [-0.1, -0.05) is 41.5 Å². The second-order valence-corrected chi connectivity index (χ2v) is 5.44. The van der Waals surface area contributed by atoms with Crippen LogP contribution in [0.5, 0.6) is 0 Å². The van der Waals surface area contributed by atoms with Gasteiger partial charge in [0.25, 0.3) is 0 Å². The highest BCUT2D eigenvalue weighted by atomic mass is 16.5. The average molecular weight is 334 g/mol. The second kappa shape index (κ2) is 14.6. The molecule has 0 saturated carbocycles. The lowest BCUT2D eigenvalue weighted by atomic mass is 10.1. The lowest BCUT2D eigenvalue weighted by molar-refractivity contribution is -0.139. The van der Waals surface area contributed by atoms with E-state index in [0.29, 0.717) is 31.8 Å². The van der Waals surface area contributed by atoms with Crippen molar-refractivity contribution in [3.05, 3.63) is 0 Å². The Morgan fingerprint density at radius 2 is 1.78 bits per heavy atom. The Hall–Kier alpha value is -0.980. The molecule has 2 aliphatic rings. The molecule has 0 spiro atoms. The van der Waals surface area contributed by atoms with Gasteiger partial charge in [0.1, 0.15) is 0 Å². The highest BCUT2D eigenvalue weighted by Crippen LogP contribution is 2.18. The Kier molecular flexibility index (Phi) is 15.4. The summed E-state index contributed by atoms with van der Waals surface area (Å²) in [6, 6.07) is 0. The van der Waals surface area contributed by atoms with Crippen molar-refractivity contribution in [1.82, 2.24) is 9.96 Å². The first kappa shape index (κ1) is 24.3. The third-order valence-corrected chi connectivity index (χ3v) is 3.46. The predicted octanol–water partition coefficient (Wildman–Crippen LogP) is 2.75. The van der Waals surface area contributed by atoms with Gasteiger partial charge in [0.15, 0.2) is 0 Å². The molecule has 0 aromatic carbocycles. The summed E-state index contributed by atoms with van der Waals surface area (Å²) in [6.07, 6.45) is 2.21. The molecule has 3 N–H and O–H groups in total. The topological polar surface area (TPSA) is 86.9 Å². The van der Waals surface area contributed by atoms with Gasteiger partial charge in [0.05, 0.1) is 0 Å². The Morgan fingerprint density at radius 1 is 1.22 bits per heavy atom. The van der Waals surface area contributed by atoms with Gasteiger partial charge in [-0.25, -0.2) is 0 Å². The van der Waals surface area contributed by atoms with Crippen LogP contribution < -0.4 is 5.73 Å². The maximum Gasteiger partial charge on any atom is 0.232 e. The molecule has 2 heterocycles. The van der Waals surface area contributed by atoms with Crippen LogP contribution in [0.15, 0.2) is 0 Å². The molecule has 0 aromatic rings. The molecule has 0 aromatic heterocycles. The molecule has 0 radical (unpaired) electrons. The summed E-state index contributed by atoms with van der Waals surface area (Å²) in [4.78, 5) is 23.8. The molecular formula is C17H39N3O3. The molecule has 0 bridgehead atoms. The van der Waals surface area contributed by atoms with Crippen molar-refractivity contribution in [3.63, 3.8) is 0 Å². The Balaban J connectivity index is -0.000000316. The third kappa shape index (κ3) is 9.69. The van der Waals surface area contributed by atoms with Crippen LogP contribution in [0.4, 0.5) is 0 Å². The second-order valence-electron chi connectivity index (χ2n) is 5.44. The first-order valence-electron chi connectivity index (χ1n) is 8.93. The summed E-state index contributed by atoms with van der Waals surface area (Å²) in [7, 11) is 0. The molecule has 2 unspecified atom stereocenters. The molecule has 2 aliphatic heterocycles. The summed E-state index contributed by atoms with van der Waals surface area (Å²) in [5.74, 6) is 0.467. The van der Waals surface area contributed by atoms with E-state index in [9.17, 15) is 9.59 Å². The smallest absolute Gasteiger partial charge is 0.232 e. The average Bonchev–Trinajstić information content (AvgIpc) is 3.05. The van der Waals surface area contributed by atoms with Crippen molar-refractivity contribution in [1.29, 1.82) is 0 Å². The quantitative estimate of drug-likeness (QED) is 0.776. The van der Waals surface area contributed by atoms with E-state index in [1.165, 1.54) is 9.96 Å². The number of likely N-dealkylation sites (tertiary alicyclic amines) is 1. The zero-order valence-corrected chi connectivity index (χ0v) is 15.8. The van der Waals surface area contributed by atoms with Gasteiger partial charge < -0.3 is 10.9 Å². The fraction of sp³-hybridized carbons (Fsp3) is 0.882. The lowest BCUT2D eigenvalue weighted by Gasteiger charge is -2.12. The van der Waals surface area contributed by atoms with Crippen LogP contribution in [0.2, 0.25) is 0 Å². The first-order valence-corrected chi connectivity index (χ1v) is 8.93. The highest BCUT2D eigenvalue weighted by Gasteiger charge is 2.34. The minimum absolute atomic E-state index is 0. The van der Waals surface area contributed by atoms with E-state index in [2.05, 4.69) is 6.92 Å². The van der Waals surface area contributed by atoms with Gasteiger partial charge in [-0.2, -0.15) is 5.06 Å². The number of nitrogens with zero attached hydrogens (tertiary/aromatic N) is 2. The number of hydroxylamine groups is 2. The standard InChI is InChI=1S/C8H14N2O2.C5H11NO.2C2H6.H2/c1-6-5-7(11)10(8(6)12)4-2-3-9;1-5-2-3-6(7)4-5;2*1-2;/h6H,2-5,9H2,1H3;5,7H,2-4H2,1H3;2*1-2H3;1H. The van der Waals surface area contributed by atoms with E-state index in [1.54, 1.807) is 6.92 Å². The number of nitrogens with two attached hydrogens (primary N) is 1. The van der Waals surface area contributed by atoms with Crippen LogP contribution in [0, 0.1) is 11.8 Å². The zero-order chi connectivity index (χ0) is 18.4. The molecule has 2 rings (SSSR count). The maximum atomic E-state index is 11.3. The minimum Gasteiger partial charge on any atom is -0.330 e. The highest BCUT2D eigenvalue weighted by molar-refractivity contribution is 6.03. The van der Waals surface area contributed by atoms with Crippen LogP contribution in [0.25, 0.3) is 0 Å². The molecule has 23 heavy (non-hydrogen) atoms. The fourth-order valence-corrected chi connectivity index (χ4v) is 2.24. The molecule has 2 atom stereocenters. The number of hydrogen-bond donors (Lipinski definition) is 2. The van der Waals surface area contributed by atoms with Gasteiger partial charge in [0, 0.05) is 33.4 Å². The summed E-state index contributed by atoms with van der Waals surface area (Å²) in [6.45, 7) is 14.7. The van der Waals surface area contributed by atoms with Gasteiger partial charge in [-0.3, -0.25) is 14.5 Å².